The molecule has 0 bridgehead atoms. The van der Waals surface area contributed by atoms with Crippen LogP contribution in [-0.2, 0) is 19.5 Å². The van der Waals surface area contributed by atoms with Crippen molar-refractivity contribution in [2.45, 2.75) is 38.4 Å². The quantitative estimate of drug-likeness (QED) is 0.832. The van der Waals surface area contributed by atoms with Crippen molar-refractivity contribution < 1.29 is 8.78 Å². The topological polar surface area (TPSA) is 6.48 Å². The van der Waals surface area contributed by atoms with Gasteiger partial charge >= 0.3 is 0 Å². The first-order valence-electron chi connectivity index (χ1n) is 9.16. The second kappa shape index (κ2) is 7.22. The first-order chi connectivity index (χ1) is 12.2. The zero-order chi connectivity index (χ0) is 17.2. The molecule has 2 aromatic carbocycles. The van der Waals surface area contributed by atoms with Crippen molar-refractivity contribution >= 4 is 0 Å². The molecule has 132 valence electrons. The highest BCUT2D eigenvalue weighted by Crippen LogP contribution is 2.26. The Labute approximate surface area is 148 Å². The van der Waals surface area contributed by atoms with E-state index in [1.54, 1.807) is 6.07 Å². The van der Waals surface area contributed by atoms with Gasteiger partial charge in [-0.2, -0.15) is 0 Å². The molecule has 0 aromatic heterocycles. The van der Waals surface area contributed by atoms with Gasteiger partial charge in [-0.1, -0.05) is 24.3 Å². The number of benzene rings is 2. The minimum atomic E-state index is -0.177. The molecule has 4 heteroatoms. The predicted octanol–water partition coefficient (Wildman–Crippen LogP) is 3.99. The summed E-state index contributed by atoms with van der Waals surface area (Å²) >= 11 is 0. The third-order valence-electron chi connectivity index (χ3n) is 5.63. The lowest BCUT2D eigenvalue weighted by atomic mass is 9.95. The van der Waals surface area contributed by atoms with Crippen LogP contribution in [0, 0.1) is 11.6 Å². The van der Waals surface area contributed by atoms with Gasteiger partial charge in [0.2, 0.25) is 0 Å². The average Bonchev–Trinajstić information content (AvgIpc) is 2.64. The standard InChI is InChI=1S/C21H24F2N2/c22-18-6-4-16(5-7-18)14-24-11-8-19(9-12-24)25-13-10-20-17(15-25)2-1-3-21(20)23/h1-7,19H,8-15H2. The average molecular weight is 342 g/mol. The highest BCUT2D eigenvalue weighted by atomic mass is 19.1. The molecule has 0 saturated carbocycles. The predicted molar refractivity (Wildman–Crippen MR) is 95.2 cm³/mol. The third-order valence-corrected chi connectivity index (χ3v) is 5.63. The molecule has 4 rings (SSSR count). The van der Waals surface area contributed by atoms with Crippen LogP contribution in [0.15, 0.2) is 42.5 Å². The summed E-state index contributed by atoms with van der Waals surface area (Å²) in [6, 6.07) is 12.9. The summed E-state index contributed by atoms with van der Waals surface area (Å²) in [5.41, 5.74) is 3.23. The number of nitrogens with zero attached hydrogens (tertiary/aromatic N) is 2. The van der Waals surface area contributed by atoms with Crippen LogP contribution < -0.4 is 0 Å². The monoisotopic (exact) mass is 342 g/mol. The molecule has 0 unspecified atom stereocenters. The number of piperidine rings is 1. The van der Waals surface area contributed by atoms with E-state index >= 15 is 0 Å². The van der Waals surface area contributed by atoms with Crippen LogP contribution in [0.2, 0.25) is 0 Å². The molecule has 2 aromatic rings. The van der Waals surface area contributed by atoms with Gasteiger partial charge in [-0.25, -0.2) is 8.78 Å². The second-order valence-electron chi connectivity index (χ2n) is 7.23. The van der Waals surface area contributed by atoms with E-state index < -0.39 is 0 Å². The fraction of sp³-hybridized carbons (Fsp3) is 0.429. The van der Waals surface area contributed by atoms with Crippen molar-refractivity contribution in [3.05, 3.63) is 70.8 Å². The highest BCUT2D eigenvalue weighted by Gasteiger charge is 2.28. The SMILES string of the molecule is Fc1ccc(CN2CCC(N3CCc4c(F)cccc4C3)CC2)cc1. The van der Waals surface area contributed by atoms with Gasteiger partial charge < -0.3 is 0 Å². The lowest BCUT2D eigenvalue weighted by Gasteiger charge is -2.40. The van der Waals surface area contributed by atoms with Crippen molar-refractivity contribution in [3.63, 3.8) is 0 Å². The summed E-state index contributed by atoms with van der Waals surface area (Å²) in [6.45, 7) is 4.84. The number of rotatable bonds is 3. The van der Waals surface area contributed by atoms with Crippen LogP contribution in [0.1, 0.15) is 29.5 Å². The molecule has 2 heterocycles. The van der Waals surface area contributed by atoms with Crippen molar-refractivity contribution in [3.8, 4) is 0 Å². The van der Waals surface area contributed by atoms with E-state index in [1.807, 2.05) is 18.2 Å². The van der Waals surface area contributed by atoms with Gasteiger partial charge in [0.1, 0.15) is 11.6 Å². The van der Waals surface area contributed by atoms with Crippen molar-refractivity contribution in [1.82, 2.24) is 9.80 Å². The lowest BCUT2D eigenvalue weighted by molar-refractivity contribution is 0.0943. The van der Waals surface area contributed by atoms with Crippen LogP contribution in [0.5, 0.6) is 0 Å². The lowest BCUT2D eigenvalue weighted by Crippen LogP contribution is -2.46. The Morgan fingerprint density at radius 1 is 0.920 bits per heavy atom. The van der Waals surface area contributed by atoms with Gasteiger partial charge in [-0.3, -0.25) is 9.80 Å². The molecule has 0 N–H and O–H groups in total. The first-order valence-corrected chi connectivity index (χ1v) is 9.16. The molecule has 2 aliphatic rings. The van der Waals surface area contributed by atoms with Crippen LogP contribution >= 0.6 is 0 Å². The van der Waals surface area contributed by atoms with Crippen molar-refractivity contribution in [2.75, 3.05) is 19.6 Å². The Hall–Kier alpha value is -1.78. The fourth-order valence-corrected chi connectivity index (χ4v) is 4.19. The molecule has 1 fully saturated rings. The maximum atomic E-state index is 13.9. The van der Waals surface area contributed by atoms with Gasteiger partial charge in [-0.05, 0) is 67.2 Å². The van der Waals surface area contributed by atoms with Crippen LogP contribution in [0.3, 0.4) is 0 Å². The second-order valence-corrected chi connectivity index (χ2v) is 7.23. The Bertz CT molecular complexity index is 721. The molecular formula is C21H24F2N2. The summed E-state index contributed by atoms with van der Waals surface area (Å²) in [7, 11) is 0. The number of fused-ring (bicyclic) bond motifs is 1. The van der Waals surface area contributed by atoms with Crippen molar-refractivity contribution in [1.29, 1.82) is 0 Å². The summed E-state index contributed by atoms with van der Waals surface area (Å²) in [5.74, 6) is -0.226. The highest BCUT2D eigenvalue weighted by molar-refractivity contribution is 5.30. The van der Waals surface area contributed by atoms with E-state index in [2.05, 4.69) is 15.9 Å². The van der Waals surface area contributed by atoms with Gasteiger partial charge in [0.05, 0.1) is 0 Å². The summed E-state index contributed by atoms with van der Waals surface area (Å²) in [4.78, 5) is 4.97. The first kappa shape index (κ1) is 16.7. The maximum absolute atomic E-state index is 13.9. The van der Waals surface area contributed by atoms with Crippen LogP contribution in [-0.4, -0.2) is 35.5 Å². The minimum Gasteiger partial charge on any atom is -0.299 e. The maximum Gasteiger partial charge on any atom is 0.126 e. The van der Waals surface area contributed by atoms with Crippen molar-refractivity contribution in [2.24, 2.45) is 0 Å². The van der Waals surface area contributed by atoms with Gasteiger partial charge in [0, 0.05) is 25.7 Å². The number of likely N-dealkylation sites (tertiary alicyclic amines) is 1. The van der Waals surface area contributed by atoms with E-state index in [-0.39, 0.29) is 11.6 Å². The number of hydrogen-bond donors (Lipinski definition) is 0. The molecule has 0 amide bonds. The zero-order valence-electron chi connectivity index (χ0n) is 14.4. The summed E-state index contributed by atoms with van der Waals surface area (Å²) in [6.07, 6.45) is 3.11. The third kappa shape index (κ3) is 3.75. The molecule has 25 heavy (non-hydrogen) atoms. The largest absolute Gasteiger partial charge is 0.299 e. The van der Waals surface area contributed by atoms with E-state index in [4.69, 9.17) is 0 Å². The van der Waals surface area contributed by atoms with Crippen LogP contribution in [0.25, 0.3) is 0 Å². The molecule has 0 aliphatic carbocycles. The molecule has 0 atom stereocenters. The molecule has 1 saturated heterocycles. The Morgan fingerprint density at radius 2 is 1.68 bits per heavy atom. The smallest absolute Gasteiger partial charge is 0.126 e. The Morgan fingerprint density at radius 3 is 2.44 bits per heavy atom. The number of hydrogen-bond acceptors (Lipinski definition) is 2. The Balaban J connectivity index is 1.32. The molecule has 0 spiro atoms. The molecular weight excluding hydrogens is 318 g/mol. The van der Waals surface area contributed by atoms with Gasteiger partial charge in [-0.15, -0.1) is 0 Å². The zero-order valence-corrected chi connectivity index (χ0v) is 14.4. The van der Waals surface area contributed by atoms with Gasteiger partial charge in [0.25, 0.3) is 0 Å². The van der Waals surface area contributed by atoms with Crippen LogP contribution in [0.4, 0.5) is 8.78 Å². The minimum absolute atomic E-state index is 0.0498. The van der Waals surface area contributed by atoms with E-state index in [9.17, 15) is 8.78 Å². The van der Waals surface area contributed by atoms with E-state index in [0.717, 1.165) is 63.1 Å². The Kier molecular flexibility index (Phi) is 4.82. The van der Waals surface area contributed by atoms with E-state index in [0.29, 0.717) is 6.04 Å². The summed E-state index contributed by atoms with van der Waals surface area (Å²) < 4.78 is 26.9. The van der Waals surface area contributed by atoms with E-state index in [1.165, 1.54) is 17.7 Å². The fourth-order valence-electron chi connectivity index (χ4n) is 4.19. The van der Waals surface area contributed by atoms with Gasteiger partial charge in [0.15, 0.2) is 0 Å². The molecule has 0 radical (unpaired) electrons. The number of halogens is 2. The normalized spacial score (nSPS) is 19.8. The molecule has 2 aliphatic heterocycles. The molecule has 2 nitrogen and oxygen atoms in total. The summed E-state index contributed by atoms with van der Waals surface area (Å²) in [5, 5.41) is 0.